The van der Waals surface area contributed by atoms with Gasteiger partial charge in [-0.15, -0.1) is 0 Å². The minimum atomic E-state index is -4.08. The Hall–Kier alpha value is -0.330. The fourth-order valence-electron chi connectivity index (χ4n) is 2.92. The Morgan fingerprint density at radius 2 is 2.22 bits per heavy atom. The standard InChI is InChI=1S/C12H21F3N2O/c1-16-10(4-5-12(13,14)15)11-7-17-6-2-3-9(17)8-18-11/h9-11,16H,2-8H2,1H3. The molecule has 0 amide bonds. The Balaban J connectivity index is 1.84. The summed E-state index contributed by atoms with van der Waals surface area (Å²) in [6.45, 7) is 2.48. The summed E-state index contributed by atoms with van der Waals surface area (Å²) in [6.07, 6.45) is -2.54. The molecule has 2 aliphatic rings. The maximum Gasteiger partial charge on any atom is 0.389 e. The average Bonchev–Trinajstić information content (AvgIpc) is 2.75. The van der Waals surface area contributed by atoms with Crippen LogP contribution in [-0.2, 0) is 4.74 Å². The summed E-state index contributed by atoms with van der Waals surface area (Å²) in [6, 6.07) is 0.273. The number of nitrogens with zero attached hydrogens (tertiary/aromatic N) is 1. The Labute approximate surface area is 106 Å². The summed E-state index contributed by atoms with van der Waals surface area (Å²) < 4.78 is 42.5. The monoisotopic (exact) mass is 266 g/mol. The second kappa shape index (κ2) is 5.75. The van der Waals surface area contributed by atoms with Crippen molar-refractivity contribution in [3.05, 3.63) is 0 Å². The first-order valence-electron chi connectivity index (χ1n) is 6.59. The van der Waals surface area contributed by atoms with Gasteiger partial charge in [-0.3, -0.25) is 4.90 Å². The summed E-state index contributed by atoms with van der Waals surface area (Å²) in [4.78, 5) is 2.35. The summed E-state index contributed by atoms with van der Waals surface area (Å²) in [5.41, 5.74) is 0. The van der Waals surface area contributed by atoms with Crippen molar-refractivity contribution in [2.24, 2.45) is 0 Å². The van der Waals surface area contributed by atoms with Gasteiger partial charge in [0.25, 0.3) is 0 Å². The molecule has 2 rings (SSSR count). The number of halogens is 3. The van der Waals surface area contributed by atoms with Crippen LogP contribution >= 0.6 is 0 Å². The van der Waals surface area contributed by atoms with E-state index in [0.717, 1.165) is 19.5 Å². The van der Waals surface area contributed by atoms with Crippen molar-refractivity contribution >= 4 is 0 Å². The highest BCUT2D eigenvalue weighted by molar-refractivity contribution is 4.89. The molecule has 2 heterocycles. The average molecular weight is 266 g/mol. The third-order valence-corrected chi connectivity index (χ3v) is 3.97. The van der Waals surface area contributed by atoms with E-state index in [-0.39, 0.29) is 18.6 Å². The first-order chi connectivity index (χ1) is 8.49. The maximum absolute atomic E-state index is 12.3. The molecule has 0 radical (unpaired) electrons. The minimum Gasteiger partial charge on any atom is -0.374 e. The van der Waals surface area contributed by atoms with Crippen molar-refractivity contribution in [2.75, 3.05) is 26.7 Å². The second-order valence-corrected chi connectivity index (χ2v) is 5.21. The zero-order valence-electron chi connectivity index (χ0n) is 10.7. The molecule has 2 saturated heterocycles. The smallest absolute Gasteiger partial charge is 0.374 e. The van der Waals surface area contributed by atoms with Gasteiger partial charge < -0.3 is 10.1 Å². The van der Waals surface area contributed by atoms with Gasteiger partial charge in [-0.25, -0.2) is 0 Å². The van der Waals surface area contributed by atoms with E-state index in [9.17, 15) is 13.2 Å². The second-order valence-electron chi connectivity index (χ2n) is 5.21. The number of fused-ring (bicyclic) bond motifs is 1. The van der Waals surface area contributed by atoms with Crippen LogP contribution in [0.15, 0.2) is 0 Å². The molecule has 6 heteroatoms. The van der Waals surface area contributed by atoms with Crippen molar-refractivity contribution in [3.63, 3.8) is 0 Å². The van der Waals surface area contributed by atoms with E-state index in [4.69, 9.17) is 4.74 Å². The van der Waals surface area contributed by atoms with Crippen LogP contribution in [0.25, 0.3) is 0 Å². The molecular weight excluding hydrogens is 245 g/mol. The van der Waals surface area contributed by atoms with Crippen molar-refractivity contribution in [3.8, 4) is 0 Å². The van der Waals surface area contributed by atoms with E-state index in [1.54, 1.807) is 7.05 Å². The normalized spacial score (nSPS) is 31.3. The number of hydrogen-bond donors (Lipinski definition) is 1. The molecule has 0 saturated carbocycles. The molecule has 3 atom stereocenters. The van der Waals surface area contributed by atoms with Crippen LogP contribution in [0.2, 0.25) is 0 Å². The molecular formula is C12H21F3N2O. The largest absolute Gasteiger partial charge is 0.389 e. The van der Waals surface area contributed by atoms with E-state index in [1.807, 2.05) is 0 Å². The number of alkyl halides is 3. The lowest BCUT2D eigenvalue weighted by atomic mass is 10.0. The highest BCUT2D eigenvalue weighted by Crippen LogP contribution is 2.27. The third kappa shape index (κ3) is 3.59. The lowest BCUT2D eigenvalue weighted by Gasteiger charge is -2.39. The lowest BCUT2D eigenvalue weighted by Crippen LogP contribution is -2.53. The third-order valence-electron chi connectivity index (χ3n) is 3.97. The molecule has 0 aromatic rings. The van der Waals surface area contributed by atoms with E-state index in [0.29, 0.717) is 12.6 Å². The van der Waals surface area contributed by atoms with Crippen LogP contribution in [0.3, 0.4) is 0 Å². The molecule has 2 aliphatic heterocycles. The van der Waals surface area contributed by atoms with Gasteiger partial charge in [0.05, 0.1) is 12.7 Å². The minimum absolute atomic E-state index is 0.0865. The van der Waals surface area contributed by atoms with Gasteiger partial charge in [0.1, 0.15) is 0 Å². The molecule has 0 aromatic carbocycles. The van der Waals surface area contributed by atoms with Crippen molar-refractivity contribution in [1.82, 2.24) is 10.2 Å². The predicted octanol–water partition coefficient (Wildman–Crippen LogP) is 1.78. The summed E-state index contributed by atoms with van der Waals surface area (Å²) in [7, 11) is 1.71. The SMILES string of the molecule is CNC(CCC(F)(F)F)C1CN2CCCC2CO1. The molecule has 0 spiro atoms. The van der Waals surface area contributed by atoms with E-state index >= 15 is 0 Å². The number of ether oxygens (including phenoxy) is 1. The number of morpholine rings is 1. The molecule has 1 N–H and O–H groups in total. The summed E-state index contributed by atoms with van der Waals surface area (Å²) in [5, 5.41) is 2.97. The summed E-state index contributed by atoms with van der Waals surface area (Å²) in [5.74, 6) is 0. The van der Waals surface area contributed by atoms with Gasteiger partial charge >= 0.3 is 6.18 Å². The van der Waals surface area contributed by atoms with Crippen LogP contribution in [0.1, 0.15) is 25.7 Å². The predicted molar refractivity (Wildman–Crippen MR) is 62.5 cm³/mol. The van der Waals surface area contributed by atoms with Crippen LogP contribution in [0, 0.1) is 0 Å². The zero-order valence-corrected chi connectivity index (χ0v) is 10.7. The van der Waals surface area contributed by atoms with Gasteiger partial charge in [-0.1, -0.05) is 0 Å². The lowest BCUT2D eigenvalue weighted by molar-refractivity contribution is -0.140. The molecule has 106 valence electrons. The van der Waals surface area contributed by atoms with Crippen molar-refractivity contribution in [2.45, 2.75) is 50.0 Å². The van der Waals surface area contributed by atoms with Crippen molar-refractivity contribution in [1.29, 1.82) is 0 Å². The van der Waals surface area contributed by atoms with Gasteiger partial charge in [0, 0.05) is 25.0 Å². The number of likely N-dealkylation sites (N-methyl/N-ethyl adjacent to an activating group) is 1. The first-order valence-corrected chi connectivity index (χ1v) is 6.59. The maximum atomic E-state index is 12.3. The Kier molecular flexibility index (Phi) is 4.50. The highest BCUT2D eigenvalue weighted by atomic mass is 19.4. The molecule has 0 aromatic heterocycles. The molecule has 3 nitrogen and oxygen atoms in total. The molecule has 0 bridgehead atoms. The molecule has 18 heavy (non-hydrogen) atoms. The number of rotatable bonds is 4. The zero-order chi connectivity index (χ0) is 13.2. The topological polar surface area (TPSA) is 24.5 Å². The van der Waals surface area contributed by atoms with Gasteiger partial charge in [-0.2, -0.15) is 13.2 Å². The fourth-order valence-corrected chi connectivity index (χ4v) is 2.92. The number of hydrogen-bond acceptors (Lipinski definition) is 3. The Morgan fingerprint density at radius 3 is 2.89 bits per heavy atom. The van der Waals surface area contributed by atoms with Crippen molar-refractivity contribution < 1.29 is 17.9 Å². The molecule has 2 fully saturated rings. The van der Waals surface area contributed by atoms with Crippen LogP contribution in [-0.4, -0.2) is 56.0 Å². The highest BCUT2D eigenvalue weighted by Gasteiger charge is 2.37. The first kappa shape index (κ1) is 14.1. The van der Waals surface area contributed by atoms with Gasteiger partial charge in [0.15, 0.2) is 0 Å². The van der Waals surface area contributed by atoms with Crippen LogP contribution < -0.4 is 5.32 Å². The van der Waals surface area contributed by atoms with Gasteiger partial charge in [0.2, 0.25) is 0 Å². The fraction of sp³-hybridized carbons (Fsp3) is 1.00. The quantitative estimate of drug-likeness (QED) is 0.839. The van der Waals surface area contributed by atoms with E-state index in [2.05, 4.69) is 10.2 Å². The van der Waals surface area contributed by atoms with E-state index in [1.165, 1.54) is 6.42 Å². The molecule has 0 aliphatic carbocycles. The van der Waals surface area contributed by atoms with Crippen LogP contribution in [0.5, 0.6) is 0 Å². The Bertz CT molecular complexity index is 273. The van der Waals surface area contributed by atoms with Gasteiger partial charge in [-0.05, 0) is 32.9 Å². The summed E-state index contributed by atoms with van der Waals surface area (Å²) >= 11 is 0. The van der Waals surface area contributed by atoms with E-state index < -0.39 is 12.6 Å². The number of nitrogens with one attached hydrogen (secondary N) is 1. The molecule has 3 unspecified atom stereocenters. The Morgan fingerprint density at radius 1 is 1.44 bits per heavy atom. The van der Waals surface area contributed by atoms with Crippen LogP contribution in [0.4, 0.5) is 13.2 Å².